The quantitative estimate of drug-likeness (QED) is 0.562. The molecule has 0 aliphatic carbocycles. The first-order valence-electron chi connectivity index (χ1n) is 8.58. The van der Waals surface area contributed by atoms with Crippen LogP contribution < -0.4 is 25.8 Å². The smallest absolute Gasteiger partial charge is 0.159 e. The Balaban J connectivity index is 1.73. The monoisotopic (exact) mass is 365 g/mol. The van der Waals surface area contributed by atoms with Crippen molar-refractivity contribution in [2.45, 2.75) is 6.42 Å². The van der Waals surface area contributed by atoms with E-state index in [1.54, 1.807) is 14.2 Å². The minimum Gasteiger partial charge on any atom is -0.497 e. The molecule has 0 amide bonds. The Morgan fingerprint density at radius 2 is 1.74 bits per heavy atom. The maximum Gasteiger partial charge on any atom is 0.159 e. The van der Waals surface area contributed by atoms with Gasteiger partial charge in [0.1, 0.15) is 23.5 Å². The van der Waals surface area contributed by atoms with Crippen molar-refractivity contribution < 1.29 is 9.47 Å². The molecule has 2 aromatic carbocycles. The average molecular weight is 365 g/mol. The maximum atomic E-state index is 6.25. The molecule has 0 saturated carbocycles. The van der Waals surface area contributed by atoms with E-state index in [1.807, 2.05) is 36.4 Å². The second-order valence-electron chi connectivity index (χ2n) is 5.84. The number of anilines is 4. The number of nitrogen functional groups attached to an aromatic ring is 1. The minimum atomic E-state index is 0.440. The number of ether oxygens (including phenoxy) is 2. The summed E-state index contributed by atoms with van der Waals surface area (Å²) >= 11 is 0. The third-order valence-electron chi connectivity index (χ3n) is 4.09. The third-order valence-corrected chi connectivity index (χ3v) is 4.09. The summed E-state index contributed by atoms with van der Waals surface area (Å²) in [6, 6.07) is 15.7. The number of aromatic nitrogens is 2. The van der Waals surface area contributed by atoms with E-state index < -0.39 is 0 Å². The zero-order valence-corrected chi connectivity index (χ0v) is 15.4. The van der Waals surface area contributed by atoms with Gasteiger partial charge in [-0.05, 0) is 24.1 Å². The predicted molar refractivity (Wildman–Crippen MR) is 108 cm³/mol. The van der Waals surface area contributed by atoms with E-state index >= 15 is 0 Å². The van der Waals surface area contributed by atoms with E-state index in [0.717, 1.165) is 6.42 Å². The number of methoxy groups -OCH3 is 2. The van der Waals surface area contributed by atoms with Gasteiger partial charge in [-0.25, -0.2) is 9.97 Å². The number of hydrogen-bond acceptors (Lipinski definition) is 7. The van der Waals surface area contributed by atoms with Gasteiger partial charge in [0, 0.05) is 12.6 Å². The molecule has 27 heavy (non-hydrogen) atoms. The van der Waals surface area contributed by atoms with Gasteiger partial charge in [-0.3, -0.25) is 0 Å². The summed E-state index contributed by atoms with van der Waals surface area (Å²) in [5.74, 6) is 2.45. The largest absolute Gasteiger partial charge is 0.497 e. The highest BCUT2D eigenvalue weighted by atomic mass is 16.5. The Labute approximate surface area is 158 Å². The molecular formula is C20H23N5O2. The highest BCUT2D eigenvalue weighted by Crippen LogP contribution is 2.33. The second-order valence-corrected chi connectivity index (χ2v) is 5.84. The molecule has 0 spiro atoms. The van der Waals surface area contributed by atoms with E-state index in [4.69, 9.17) is 15.2 Å². The van der Waals surface area contributed by atoms with E-state index in [1.165, 1.54) is 11.9 Å². The second kappa shape index (κ2) is 8.75. The molecule has 3 aromatic rings. The van der Waals surface area contributed by atoms with Crippen molar-refractivity contribution in [1.82, 2.24) is 9.97 Å². The van der Waals surface area contributed by atoms with Crippen molar-refractivity contribution in [3.05, 3.63) is 60.4 Å². The lowest BCUT2D eigenvalue weighted by Gasteiger charge is -2.15. The summed E-state index contributed by atoms with van der Waals surface area (Å²) in [6.07, 6.45) is 2.34. The van der Waals surface area contributed by atoms with Gasteiger partial charge in [-0.1, -0.05) is 30.3 Å². The molecule has 1 aromatic heterocycles. The first-order valence-corrected chi connectivity index (χ1v) is 8.58. The summed E-state index contributed by atoms with van der Waals surface area (Å²) in [6.45, 7) is 0.715. The maximum absolute atomic E-state index is 6.25. The van der Waals surface area contributed by atoms with Gasteiger partial charge in [0.05, 0.1) is 19.9 Å². The van der Waals surface area contributed by atoms with Crippen LogP contribution in [0.1, 0.15) is 5.56 Å². The lowest BCUT2D eigenvalue weighted by molar-refractivity contribution is 0.405. The third kappa shape index (κ3) is 4.58. The predicted octanol–water partition coefficient (Wildman–Crippen LogP) is 3.47. The Morgan fingerprint density at radius 3 is 2.48 bits per heavy atom. The highest BCUT2D eigenvalue weighted by molar-refractivity contribution is 5.79. The summed E-state index contributed by atoms with van der Waals surface area (Å²) in [4.78, 5) is 8.49. The summed E-state index contributed by atoms with van der Waals surface area (Å²) in [5.41, 5.74) is 8.64. The van der Waals surface area contributed by atoms with Crippen LogP contribution in [0.15, 0.2) is 54.9 Å². The van der Waals surface area contributed by atoms with Crippen LogP contribution in [0.3, 0.4) is 0 Å². The van der Waals surface area contributed by atoms with E-state index in [0.29, 0.717) is 41.1 Å². The summed E-state index contributed by atoms with van der Waals surface area (Å²) in [5, 5.41) is 6.46. The molecule has 0 aliphatic rings. The van der Waals surface area contributed by atoms with Crippen LogP contribution in [-0.2, 0) is 6.42 Å². The number of nitrogens with two attached hydrogens (primary N) is 1. The molecule has 4 N–H and O–H groups in total. The fourth-order valence-electron chi connectivity index (χ4n) is 2.65. The number of nitrogens with zero attached hydrogens (tertiary/aromatic N) is 2. The topological polar surface area (TPSA) is 94.3 Å². The van der Waals surface area contributed by atoms with Gasteiger partial charge in [-0.2, -0.15) is 0 Å². The molecule has 1 heterocycles. The fourth-order valence-corrected chi connectivity index (χ4v) is 2.65. The van der Waals surface area contributed by atoms with E-state index in [-0.39, 0.29) is 0 Å². The molecule has 0 aliphatic heterocycles. The van der Waals surface area contributed by atoms with Gasteiger partial charge in [0.15, 0.2) is 11.6 Å². The van der Waals surface area contributed by atoms with Crippen LogP contribution in [0.4, 0.5) is 23.0 Å². The van der Waals surface area contributed by atoms with Crippen molar-refractivity contribution in [3.63, 3.8) is 0 Å². The Hall–Kier alpha value is -3.48. The molecule has 0 saturated heterocycles. The van der Waals surface area contributed by atoms with Crippen LogP contribution in [0.2, 0.25) is 0 Å². The van der Waals surface area contributed by atoms with Gasteiger partial charge < -0.3 is 25.8 Å². The highest BCUT2D eigenvalue weighted by Gasteiger charge is 2.11. The van der Waals surface area contributed by atoms with E-state index in [9.17, 15) is 0 Å². The van der Waals surface area contributed by atoms with Gasteiger partial charge in [0.2, 0.25) is 0 Å². The first-order chi connectivity index (χ1) is 13.2. The molecule has 140 valence electrons. The van der Waals surface area contributed by atoms with Crippen LogP contribution in [0, 0.1) is 0 Å². The van der Waals surface area contributed by atoms with Crippen molar-refractivity contribution >= 4 is 23.0 Å². The van der Waals surface area contributed by atoms with Crippen molar-refractivity contribution in [2.75, 3.05) is 37.1 Å². The zero-order valence-electron chi connectivity index (χ0n) is 15.4. The number of benzene rings is 2. The molecule has 3 rings (SSSR count). The normalized spacial score (nSPS) is 10.3. The molecule has 0 fully saturated rings. The van der Waals surface area contributed by atoms with Crippen molar-refractivity contribution in [3.8, 4) is 11.5 Å². The van der Waals surface area contributed by atoms with Gasteiger partial charge in [0.25, 0.3) is 0 Å². The van der Waals surface area contributed by atoms with Crippen LogP contribution in [0.5, 0.6) is 11.5 Å². The SMILES string of the molecule is COc1ccc(OC)c(Nc2ncnc(NCCc3ccccc3)c2N)c1. The minimum absolute atomic E-state index is 0.440. The standard InChI is InChI=1S/C20H23N5O2/c1-26-15-8-9-17(27-2)16(12-15)25-20-18(21)19(23-13-24-20)22-11-10-14-6-4-3-5-7-14/h3-9,12-13H,10-11,21H2,1-2H3,(H2,22,23,24,25). The number of rotatable bonds is 8. The van der Waals surface area contributed by atoms with Crippen molar-refractivity contribution in [1.29, 1.82) is 0 Å². The van der Waals surface area contributed by atoms with Crippen molar-refractivity contribution in [2.24, 2.45) is 0 Å². The molecule has 7 heteroatoms. The molecule has 0 unspecified atom stereocenters. The molecule has 0 radical (unpaired) electrons. The molecule has 0 bridgehead atoms. The van der Waals surface area contributed by atoms with Gasteiger partial charge in [-0.15, -0.1) is 0 Å². The van der Waals surface area contributed by atoms with E-state index in [2.05, 4.69) is 32.7 Å². The van der Waals surface area contributed by atoms with Gasteiger partial charge >= 0.3 is 0 Å². The average Bonchev–Trinajstić information content (AvgIpc) is 2.71. The molecule has 0 atom stereocenters. The lowest BCUT2D eigenvalue weighted by atomic mass is 10.1. The molecular weight excluding hydrogens is 342 g/mol. The van der Waals surface area contributed by atoms with Crippen LogP contribution >= 0.6 is 0 Å². The Kier molecular flexibility index (Phi) is 5.94. The summed E-state index contributed by atoms with van der Waals surface area (Å²) in [7, 11) is 3.21. The molecule has 7 nitrogen and oxygen atoms in total. The van der Waals surface area contributed by atoms with Crippen LogP contribution in [-0.4, -0.2) is 30.7 Å². The number of hydrogen-bond donors (Lipinski definition) is 3. The fraction of sp³-hybridized carbons (Fsp3) is 0.200. The van der Waals surface area contributed by atoms with Crippen LogP contribution in [0.25, 0.3) is 0 Å². The summed E-state index contributed by atoms with van der Waals surface area (Å²) < 4.78 is 10.7. The number of nitrogens with one attached hydrogen (secondary N) is 2. The zero-order chi connectivity index (χ0) is 19.1. The first kappa shape index (κ1) is 18.3. The Morgan fingerprint density at radius 1 is 0.963 bits per heavy atom. The Bertz CT molecular complexity index is 887. The lowest BCUT2D eigenvalue weighted by Crippen LogP contribution is -2.11.